The largest absolute Gasteiger partial charge is 1.00 e. The summed E-state index contributed by atoms with van der Waals surface area (Å²) in [6.07, 6.45) is 16.3. The molecule has 0 aromatic rings. The van der Waals surface area contributed by atoms with Crippen LogP contribution < -0.4 is 24.8 Å². The molecule has 2 aliphatic carbocycles. The van der Waals surface area contributed by atoms with Crippen LogP contribution in [0, 0.1) is 12.2 Å². The second-order valence-electron chi connectivity index (χ2n) is 9.35. The van der Waals surface area contributed by atoms with Crippen LogP contribution in [0.5, 0.6) is 0 Å². The van der Waals surface area contributed by atoms with Crippen molar-refractivity contribution in [3.8, 4) is 0 Å². The maximum absolute atomic E-state index is 3.48. The molecule has 2 aliphatic rings. The maximum Gasteiger partial charge on any atom is -1.00 e. The fraction of sp³-hybridized carbons (Fsp3) is 0.636. The molecule has 0 spiro atoms. The Kier molecular flexibility index (Phi) is 19.0. The second-order valence-corrected chi connectivity index (χ2v) is 32.2. The first-order valence-corrected chi connectivity index (χ1v) is 24.8. The molecule has 2 rings (SSSR count). The Balaban J connectivity index is -0.000000355. The molecule has 0 nitrogen and oxygen atoms in total. The van der Waals surface area contributed by atoms with Gasteiger partial charge in [-0.2, -0.15) is 11.1 Å². The van der Waals surface area contributed by atoms with E-state index >= 15 is 0 Å². The van der Waals surface area contributed by atoms with Gasteiger partial charge in [-0.1, -0.05) is 66.0 Å². The molecule has 0 saturated heterocycles. The van der Waals surface area contributed by atoms with E-state index in [9.17, 15) is 0 Å². The molecule has 28 heavy (non-hydrogen) atoms. The minimum atomic E-state index is -1.05. The third kappa shape index (κ3) is 15.0. The van der Waals surface area contributed by atoms with Crippen LogP contribution >= 0.6 is 0 Å². The zero-order chi connectivity index (χ0) is 20.5. The van der Waals surface area contributed by atoms with E-state index in [1.807, 2.05) is 0 Å². The van der Waals surface area contributed by atoms with Gasteiger partial charge in [0.05, 0.1) is 0 Å². The summed E-state index contributed by atoms with van der Waals surface area (Å²) in [4.78, 5) is 0. The van der Waals surface area contributed by atoms with Crippen molar-refractivity contribution in [2.24, 2.45) is 0 Å². The first-order chi connectivity index (χ1) is 11.8. The zero-order valence-electron chi connectivity index (χ0n) is 19.7. The van der Waals surface area contributed by atoms with Gasteiger partial charge in [-0.3, -0.25) is 12.2 Å². The van der Waals surface area contributed by atoms with E-state index in [-0.39, 0.29) is 30.3 Å². The molecule has 0 aromatic heterocycles. The van der Waals surface area contributed by atoms with Crippen LogP contribution in [0.25, 0.3) is 0 Å². The molecule has 0 aromatic carbocycles. The van der Waals surface area contributed by atoms with Crippen LogP contribution in [0.2, 0.25) is 52.4 Å². The van der Waals surface area contributed by atoms with Crippen molar-refractivity contribution < 1.29 is 47.8 Å². The number of hydrogen-bond donors (Lipinski definition) is 0. The van der Waals surface area contributed by atoms with Gasteiger partial charge >= 0.3 is 41.6 Å². The molecule has 0 saturated carbocycles. The smallest absolute Gasteiger partial charge is 1.00 e. The van der Waals surface area contributed by atoms with Crippen molar-refractivity contribution >= 4 is 21.6 Å². The fourth-order valence-corrected chi connectivity index (χ4v) is 4.96. The topological polar surface area (TPSA) is 0 Å². The SMILES string of the molecule is CCC1=CC([Si](C)(C)C)=[C-]C1.CCC1=CC([Si](C)(C)C)=[C-]C1.C[Si](C)=[Hf+2].[Cl-].[Cl-]. The Hall–Kier alpha value is 1.06. The molecule has 0 atom stereocenters. The van der Waals surface area contributed by atoms with E-state index in [1.54, 1.807) is 11.1 Å². The van der Waals surface area contributed by atoms with Gasteiger partial charge in [0.25, 0.3) is 0 Å². The third-order valence-corrected chi connectivity index (χ3v) is 8.11. The molecule has 6 heteroatoms. The van der Waals surface area contributed by atoms with Crippen molar-refractivity contribution in [1.29, 1.82) is 0 Å². The number of halogens is 2. The Bertz CT molecular complexity index is 552. The molecule has 160 valence electrons. The minimum Gasteiger partial charge on any atom is -1.00 e. The normalized spacial score (nSPS) is 15.3. The molecule has 0 unspecified atom stereocenters. The minimum absolute atomic E-state index is 0. The quantitative estimate of drug-likeness (QED) is 0.324. The first kappa shape index (κ1) is 33.7. The van der Waals surface area contributed by atoms with Crippen molar-refractivity contribution in [1.82, 2.24) is 0 Å². The molecule has 0 N–H and O–H groups in total. The summed E-state index contributed by atoms with van der Waals surface area (Å²) in [5.74, 6) is 0. The molecular weight excluding hydrogens is 598 g/mol. The Morgan fingerprint density at radius 1 is 0.786 bits per heavy atom. The molecule has 0 amide bonds. The van der Waals surface area contributed by atoms with Crippen LogP contribution in [0.15, 0.2) is 33.7 Å². The van der Waals surface area contributed by atoms with Gasteiger partial charge in [0.1, 0.15) is 0 Å². The summed E-state index contributed by atoms with van der Waals surface area (Å²) in [6, 6.07) is 0. The Labute approximate surface area is 205 Å². The second kappa shape index (κ2) is 15.8. The van der Waals surface area contributed by atoms with Crippen LogP contribution in [0.3, 0.4) is 0 Å². The summed E-state index contributed by atoms with van der Waals surface area (Å²) in [7, 11) is -2.11. The van der Waals surface area contributed by atoms with Crippen LogP contribution in [-0.2, 0) is 23.0 Å². The summed E-state index contributed by atoms with van der Waals surface area (Å²) in [5.41, 5.74) is 3.37. The molecule has 0 radical (unpaired) electrons. The summed E-state index contributed by atoms with van der Waals surface area (Å²) in [5, 5.41) is 3.05. The maximum atomic E-state index is 3.48. The predicted octanol–water partition coefficient (Wildman–Crippen LogP) is 1.46. The van der Waals surface area contributed by atoms with Gasteiger partial charge in [0.2, 0.25) is 0 Å². The van der Waals surface area contributed by atoms with Gasteiger partial charge in [0.15, 0.2) is 0 Å². The van der Waals surface area contributed by atoms with Gasteiger partial charge in [0, 0.05) is 16.1 Å². The first-order valence-electron chi connectivity index (χ1n) is 9.94. The summed E-state index contributed by atoms with van der Waals surface area (Å²) in [6.45, 7) is 23.4. The average Bonchev–Trinajstić information content (AvgIpc) is 3.15. The van der Waals surface area contributed by atoms with Gasteiger partial charge in [-0.25, -0.2) is 22.5 Å². The number of allylic oxidation sites excluding steroid dienone is 8. The van der Waals surface area contributed by atoms with E-state index in [1.165, 1.54) is 46.2 Å². The van der Waals surface area contributed by atoms with Crippen LogP contribution in [0.4, 0.5) is 0 Å². The predicted molar refractivity (Wildman–Crippen MR) is 124 cm³/mol. The average molecular weight is 638 g/mol. The molecular formula is C22H40Cl2HfSi3-2. The van der Waals surface area contributed by atoms with E-state index in [0.717, 1.165) is 12.8 Å². The van der Waals surface area contributed by atoms with Crippen LogP contribution in [0.1, 0.15) is 39.5 Å². The van der Waals surface area contributed by atoms with E-state index in [0.29, 0.717) is 0 Å². The van der Waals surface area contributed by atoms with Crippen molar-refractivity contribution in [3.05, 3.63) is 45.8 Å². The summed E-state index contributed by atoms with van der Waals surface area (Å²) < 4.78 is 0. The third-order valence-electron chi connectivity index (χ3n) is 4.23. The van der Waals surface area contributed by atoms with Gasteiger partial charge < -0.3 is 24.8 Å². The monoisotopic (exact) mass is 638 g/mol. The Morgan fingerprint density at radius 3 is 1.14 bits per heavy atom. The van der Waals surface area contributed by atoms with E-state index in [2.05, 4.69) is 90.5 Å². The van der Waals surface area contributed by atoms with Crippen molar-refractivity contribution in [3.63, 3.8) is 0 Å². The molecule has 0 heterocycles. The van der Waals surface area contributed by atoms with Crippen molar-refractivity contribution in [2.45, 2.75) is 91.9 Å². The molecule has 0 fully saturated rings. The molecule has 0 aliphatic heterocycles. The Morgan fingerprint density at radius 2 is 1.04 bits per heavy atom. The van der Waals surface area contributed by atoms with Gasteiger partial charge in [-0.15, -0.1) is 12.8 Å². The van der Waals surface area contributed by atoms with Crippen molar-refractivity contribution in [2.75, 3.05) is 0 Å². The van der Waals surface area contributed by atoms with Gasteiger partial charge in [-0.05, 0) is 0 Å². The fourth-order valence-electron chi connectivity index (χ4n) is 2.45. The van der Waals surface area contributed by atoms with Crippen LogP contribution in [-0.4, -0.2) is 21.6 Å². The van der Waals surface area contributed by atoms with E-state index in [4.69, 9.17) is 0 Å². The summed E-state index contributed by atoms with van der Waals surface area (Å²) >= 11 is 1.45. The number of hydrogen-bond acceptors (Lipinski definition) is 0. The van der Waals surface area contributed by atoms with E-state index < -0.39 is 16.1 Å². The zero-order valence-corrected chi connectivity index (χ0v) is 27.8. The standard InChI is InChI=1S/2C10H17Si.C2H6Si.2ClH.Hf/c2*1-5-9-6-7-10(8-9)11(2,3)4;1-3-2;;;/h2*8H,5-6H2,1-4H3;1-2H3;2*1H;/q2*-1;;;;+2/p-2. The molecule has 0 bridgehead atoms. The number of rotatable bonds is 4.